The van der Waals surface area contributed by atoms with E-state index < -0.39 is 5.54 Å². The van der Waals surface area contributed by atoms with Crippen molar-refractivity contribution in [2.75, 3.05) is 0 Å². The first-order valence-electron chi connectivity index (χ1n) is 4.90. The Bertz CT molecular complexity index is 356. The molecule has 1 rings (SSSR count). The normalized spacial score (nSPS) is 13.9. The molecule has 5 heteroatoms. The van der Waals surface area contributed by atoms with E-state index in [4.69, 9.17) is 5.73 Å². The van der Waals surface area contributed by atoms with Gasteiger partial charge in [0.2, 0.25) is 5.91 Å². The molecule has 1 aromatic heterocycles. The molecule has 3 N–H and O–H groups in total. The van der Waals surface area contributed by atoms with E-state index in [-0.39, 0.29) is 11.9 Å². The number of aromatic nitrogens is 2. The van der Waals surface area contributed by atoms with Crippen LogP contribution in [0.1, 0.15) is 32.5 Å². The Morgan fingerprint density at radius 1 is 1.67 bits per heavy atom. The van der Waals surface area contributed by atoms with E-state index in [1.807, 2.05) is 20.0 Å². The zero-order chi connectivity index (χ0) is 11.6. The lowest BCUT2D eigenvalue weighted by Crippen LogP contribution is -2.51. The summed E-state index contributed by atoms with van der Waals surface area (Å²) >= 11 is 0. The van der Waals surface area contributed by atoms with Gasteiger partial charge in [0, 0.05) is 19.3 Å². The number of nitrogens with one attached hydrogen (secondary N) is 1. The van der Waals surface area contributed by atoms with Crippen molar-refractivity contribution in [2.45, 2.75) is 32.4 Å². The highest BCUT2D eigenvalue weighted by Gasteiger charge is 2.27. The summed E-state index contributed by atoms with van der Waals surface area (Å²) in [5.74, 6) is -0.364. The van der Waals surface area contributed by atoms with Crippen molar-refractivity contribution in [3.8, 4) is 0 Å². The summed E-state index contributed by atoms with van der Waals surface area (Å²) in [7, 11) is 1.87. The number of hydrogen-bond donors (Lipinski definition) is 2. The number of nitrogens with two attached hydrogens (primary N) is 1. The maximum Gasteiger partial charge on any atom is 0.237 e. The Kier molecular flexibility index (Phi) is 3.14. The minimum atomic E-state index is -0.719. The average Bonchev–Trinajstić information content (AvgIpc) is 2.50. The van der Waals surface area contributed by atoms with Gasteiger partial charge in [0.1, 0.15) is 0 Å². The number of rotatable bonds is 4. The van der Waals surface area contributed by atoms with Gasteiger partial charge in [0.05, 0.1) is 11.2 Å². The summed E-state index contributed by atoms with van der Waals surface area (Å²) in [4.78, 5) is 11.1. The fraction of sp³-hybridized carbons (Fsp3) is 0.600. The molecule has 5 nitrogen and oxygen atoms in total. The molecule has 0 saturated heterocycles. The lowest BCUT2D eigenvalue weighted by molar-refractivity contribution is -0.123. The Morgan fingerprint density at radius 3 is 2.67 bits per heavy atom. The molecule has 0 aliphatic rings. The van der Waals surface area contributed by atoms with E-state index in [2.05, 4.69) is 10.4 Å². The third-order valence-corrected chi connectivity index (χ3v) is 2.50. The fourth-order valence-electron chi connectivity index (χ4n) is 1.50. The molecule has 1 aromatic rings. The highest BCUT2D eigenvalue weighted by atomic mass is 16.1. The minimum Gasteiger partial charge on any atom is -0.368 e. The van der Waals surface area contributed by atoms with Crippen molar-refractivity contribution in [1.29, 1.82) is 0 Å². The van der Waals surface area contributed by atoms with Crippen molar-refractivity contribution in [3.05, 3.63) is 18.0 Å². The second-order valence-electron chi connectivity index (χ2n) is 4.23. The van der Waals surface area contributed by atoms with Crippen molar-refractivity contribution in [2.24, 2.45) is 12.8 Å². The van der Waals surface area contributed by atoms with Gasteiger partial charge in [-0.2, -0.15) is 5.10 Å². The molecule has 0 bridgehead atoms. The van der Waals surface area contributed by atoms with Gasteiger partial charge in [0.15, 0.2) is 0 Å². The zero-order valence-corrected chi connectivity index (χ0v) is 9.61. The quantitative estimate of drug-likeness (QED) is 0.752. The van der Waals surface area contributed by atoms with Gasteiger partial charge >= 0.3 is 0 Å². The van der Waals surface area contributed by atoms with Crippen molar-refractivity contribution in [1.82, 2.24) is 15.1 Å². The molecule has 15 heavy (non-hydrogen) atoms. The monoisotopic (exact) mass is 210 g/mol. The van der Waals surface area contributed by atoms with Crippen LogP contribution < -0.4 is 11.1 Å². The molecule has 1 heterocycles. The van der Waals surface area contributed by atoms with Gasteiger partial charge in [-0.3, -0.25) is 14.8 Å². The highest BCUT2D eigenvalue weighted by molar-refractivity contribution is 5.83. The van der Waals surface area contributed by atoms with Gasteiger partial charge in [-0.05, 0) is 26.8 Å². The van der Waals surface area contributed by atoms with Crippen LogP contribution in [0.3, 0.4) is 0 Å². The molecule has 1 atom stereocenters. The topological polar surface area (TPSA) is 72.9 Å². The first kappa shape index (κ1) is 11.7. The maximum atomic E-state index is 11.1. The molecule has 1 amide bonds. The Hall–Kier alpha value is -1.36. The largest absolute Gasteiger partial charge is 0.368 e. The van der Waals surface area contributed by atoms with Gasteiger partial charge < -0.3 is 5.73 Å². The zero-order valence-electron chi connectivity index (χ0n) is 9.61. The fourth-order valence-corrected chi connectivity index (χ4v) is 1.50. The van der Waals surface area contributed by atoms with Crippen molar-refractivity contribution in [3.63, 3.8) is 0 Å². The summed E-state index contributed by atoms with van der Waals surface area (Å²) in [5, 5.41) is 7.24. The molecule has 0 radical (unpaired) electrons. The Balaban J connectivity index is 2.76. The van der Waals surface area contributed by atoms with E-state index in [9.17, 15) is 4.79 Å². The maximum absolute atomic E-state index is 11.1. The van der Waals surface area contributed by atoms with E-state index in [0.717, 1.165) is 5.69 Å². The third-order valence-electron chi connectivity index (χ3n) is 2.50. The summed E-state index contributed by atoms with van der Waals surface area (Å²) in [5.41, 5.74) is 5.59. The van der Waals surface area contributed by atoms with Crippen LogP contribution in [0.4, 0.5) is 0 Å². The predicted molar refractivity (Wildman–Crippen MR) is 58.0 cm³/mol. The summed E-state index contributed by atoms with van der Waals surface area (Å²) in [6.45, 7) is 5.51. The van der Waals surface area contributed by atoms with Crippen LogP contribution >= 0.6 is 0 Å². The van der Waals surface area contributed by atoms with E-state index >= 15 is 0 Å². The van der Waals surface area contributed by atoms with Crippen LogP contribution in [-0.2, 0) is 11.8 Å². The SMILES string of the molecule is CC(NC(C)(C)C(N)=O)c1ccnn1C. The number of amides is 1. The first-order valence-corrected chi connectivity index (χ1v) is 4.90. The lowest BCUT2D eigenvalue weighted by Gasteiger charge is -2.27. The van der Waals surface area contributed by atoms with Gasteiger partial charge in [-0.1, -0.05) is 0 Å². The lowest BCUT2D eigenvalue weighted by atomic mass is 10.0. The second kappa shape index (κ2) is 4.02. The molecular formula is C10H18N4O. The van der Waals surface area contributed by atoms with E-state index in [0.29, 0.717) is 0 Å². The van der Waals surface area contributed by atoms with Crippen LogP contribution in [0, 0.1) is 0 Å². The van der Waals surface area contributed by atoms with Crippen LogP contribution in [0.25, 0.3) is 0 Å². The predicted octanol–water partition coefficient (Wildman–Crippen LogP) is 0.335. The van der Waals surface area contributed by atoms with Gasteiger partial charge in [-0.25, -0.2) is 0 Å². The summed E-state index contributed by atoms with van der Waals surface area (Å²) in [6, 6.07) is 1.94. The molecule has 0 aliphatic heterocycles. The molecule has 0 spiro atoms. The number of aryl methyl sites for hydroxylation is 1. The number of primary amides is 1. The molecule has 84 valence electrons. The van der Waals surface area contributed by atoms with Crippen LogP contribution in [0.5, 0.6) is 0 Å². The number of carbonyl (C=O) groups is 1. The molecule has 0 fully saturated rings. The van der Waals surface area contributed by atoms with Crippen molar-refractivity contribution >= 4 is 5.91 Å². The van der Waals surface area contributed by atoms with Gasteiger partial charge in [-0.15, -0.1) is 0 Å². The second-order valence-corrected chi connectivity index (χ2v) is 4.23. The number of hydrogen-bond acceptors (Lipinski definition) is 3. The van der Waals surface area contributed by atoms with Crippen LogP contribution in [0.15, 0.2) is 12.3 Å². The molecule has 0 aromatic carbocycles. The van der Waals surface area contributed by atoms with Crippen LogP contribution in [-0.4, -0.2) is 21.2 Å². The Morgan fingerprint density at radius 2 is 2.27 bits per heavy atom. The molecular weight excluding hydrogens is 192 g/mol. The summed E-state index contributed by atoms with van der Waals surface area (Å²) in [6.07, 6.45) is 1.73. The van der Waals surface area contributed by atoms with Gasteiger partial charge in [0.25, 0.3) is 0 Å². The summed E-state index contributed by atoms with van der Waals surface area (Å²) < 4.78 is 1.77. The third kappa shape index (κ3) is 2.56. The molecule has 0 aliphatic carbocycles. The molecule has 0 saturated carbocycles. The van der Waals surface area contributed by atoms with Crippen molar-refractivity contribution < 1.29 is 4.79 Å². The van der Waals surface area contributed by atoms with E-state index in [1.165, 1.54) is 0 Å². The van der Waals surface area contributed by atoms with Crippen LogP contribution in [0.2, 0.25) is 0 Å². The Labute approximate surface area is 89.6 Å². The number of nitrogens with zero attached hydrogens (tertiary/aromatic N) is 2. The standard InChI is InChI=1S/C10H18N4O/c1-7(8-5-6-12-14(8)4)13-10(2,3)9(11)15/h5-7,13H,1-4H3,(H2,11,15). The first-order chi connectivity index (χ1) is 6.84. The molecule has 1 unspecified atom stereocenters. The minimum absolute atomic E-state index is 0.0278. The smallest absolute Gasteiger partial charge is 0.237 e. The van der Waals surface area contributed by atoms with E-state index in [1.54, 1.807) is 24.7 Å². The highest BCUT2D eigenvalue weighted by Crippen LogP contribution is 2.14. The number of carbonyl (C=O) groups excluding carboxylic acids is 1. The average molecular weight is 210 g/mol.